The predicted octanol–water partition coefficient (Wildman–Crippen LogP) is 2.37. The molecule has 3 aromatic rings. The molecule has 0 saturated carbocycles. The summed E-state index contributed by atoms with van der Waals surface area (Å²) in [6.07, 6.45) is 0. The first-order valence-corrected chi connectivity index (χ1v) is 5.58. The van der Waals surface area contributed by atoms with Crippen molar-refractivity contribution in [2.24, 2.45) is 0 Å². The number of para-hydroxylation sites is 1. The van der Waals surface area contributed by atoms with Crippen LogP contribution in [0.15, 0.2) is 39.5 Å². The minimum Gasteiger partial charge on any atom is -0.504 e. The molecule has 0 amide bonds. The molecule has 1 heterocycles. The van der Waals surface area contributed by atoms with E-state index in [2.05, 4.69) is 0 Å². The molecule has 1 aromatic heterocycles. The summed E-state index contributed by atoms with van der Waals surface area (Å²) in [6, 6.07) is 7.60. The van der Waals surface area contributed by atoms with Gasteiger partial charge in [0.05, 0.1) is 12.5 Å². The molecule has 5 nitrogen and oxygen atoms in total. The highest BCUT2D eigenvalue weighted by atomic mass is 16.5. The van der Waals surface area contributed by atoms with Crippen molar-refractivity contribution < 1.29 is 19.4 Å². The number of hydrogen-bond donors (Lipinski definition) is 2. The van der Waals surface area contributed by atoms with Crippen LogP contribution in [-0.2, 0) is 0 Å². The molecule has 0 aliphatic heterocycles. The third-order valence-electron chi connectivity index (χ3n) is 3.00. The molecule has 96 valence electrons. The van der Waals surface area contributed by atoms with Gasteiger partial charge in [-0.2, -0.15) is 0 Å². The molecule has 0 saturated heterocycles. The summed E-state index contributed by atoms with van der Waals surface area (Å²) in [6.45, 7) is 0. The maximum absolute atomic E-state index is 12.3. The monoisotopic (exact) mass is 258 g/mol. The standard InChI is InChI=1S/C14H10O5/c1-18-10-4-2-3-7-12(16)11-9(19-14(7)10)6-5-8(15)13(11)17/h2-6,15,17H,1H3. The molecule has 0 bridgehead atoms. The van der Waals surface area contributed by atoms with E-state index < -0.39 is 11.2 Å². The summed E-state index contributed by atoms with van der Waals surface area (Å²) < 4.78 is 10.7. The van der Waals surface area contributed by atoms with Crippen molar-refractivity contribution in [3.8, 4) is 17.2 Å². The fourth-order valence-corrected chi connectivity index (χ4v) is 2.07. The Morgan fingerprint density at radius 2 is 1.95 bits per heavy atom. The van der Waals surface area contributed by atoms with Gasteiger partial charge in [-0.15, -0.1) is 0 Å². The van der Waals surface area contributed by atoms with E-state index in [-0.39, 0.29) is 22.1 Å². The first kappa shape index (κ1) is 11.4. The molecule has 0 radical (unpaired) electrons. The zero-order valence-corrected chi connectivity index (χ0v) is 10.0. The lowest BCUT2D eigenvalue weighted by molar-refractivity contribution is 0.405. The molecule has 0 aliphatic rings. The zero-order chi connectivity index (χ0) is 13.6. The van der Waals surface area contributed by atoms with Gasteiger partial charge in [0.1, 0.15) is 11.0 Å². The minimum absolute atomic E-state index is 0.0410. The van der Waals surface area contributed by atoms with Crippen molar-refractivity contribution in [1.82, 2.24) is 0 Å². The largest absolute Gasteiger partial charge is 0.504 e. The Morgan fingerprint density at radius 1 is 1.16 bits per heavy atom. The van der Waals surface area contributed by atoms with Crippen LogP contribution in [-0.4, -0.2) is 17.3 Å². The Bertz CT molecular complexity index is 848. The van der Waals surface area contributed by atoms with Crippen LogP contribution in [0.25, 0.3) is 21.9 Å². The van der Waals surface area contributed by atoms with Gasteiger partial charge in [-0.1, -0.05) is 6.07 Å². The first-order chi connectivity index (χ1) is 9.13. The van der Waals surface area contributed by atoms with E-state index in [1.807, 2.05) is 0 Å². The minimum atomic E-state index is -0.476. The number of rotatable bonds is 1. The maximum atomic E-state index is 12.3. The third kappa shape index (κ3) is 1.52. The van der Waals surface area contributed by atoms with Crippen LogP contribution in [0.5, 0.6) is 17.2 Å². The van der Waals surface area contributed by atoms with Crippen molar-refractivity contribution in [2.45, 2.75) is 0 Å². The van der Waals surface area contributed by atoms with Gasteiger partial charge in [0.2, 0.25) is 5.43 Å². The second kappa shape index (κ2) is 3.91. The van der Waals surface area contributed by atoms with E-state index in [1.54, 1.807) is 18.2 Å². The summed E-state index contributed by atoms with van der Waals surface area (Å²) in [7, 11) is 1.48. The normalized spacial score (nSPS) is 11.0. The van der Waals surface area contributed by atoms with Gasteiger partial charge >= 0.3 is 0 Å². The molecular formula is C14H10O5. The van der Waals surface area contributed by atoms with Gasteiger partial charge < -0.3 is 19.4 Å². The van der Waals surface area contributed by atoms with Crippen LogP contribution in [0.1, 0.15) is 0 Å². The van der Waals surface area contributed by atoms with Crippen LogP contribution in [0, 0.1) is 0 Å². The fourth-order valence-electron chi connectivity index (χ4n) is 2.07. The lowest BCUT2D eigenvalue weighted by Crippen LogP contribution is -2.03. The number of fused-ring (bicyclic) bond motifs is 2. The number of aromatic hydroxyl groups is 2. The van der Waals surface area contributed by atoms with Gasteiger partial charge in [0, 0.05) is 0 Å². The summed E-state index contributed by atoms with van der Waals surface area (Å²) in [5.74, 6) is -0.401. The Kier molecular flexibility index (Phi) is 2.35. The number of phenolic OH excluding ortho intramolecular Hbond substituents is 2. The van der Waals surface area contributed by atoms with Crippen LogP contribution < -0.4 is 10.2 Å². The van der Waals surface area contributed by atoms with Crippen LogP contribution >= 0.6 is 0 Å². The summed E-state index contributed by atoms with van der Waals surface area (Å²) >= 11 is 0. The lowest BCUT2D eigenvalue weighted by Gasteiger charge is -2.07. The first-order valence-electron chi connectivity index (χ1n) is 5.58. The zero-order valence-electron chi connectivity index (χ0n) is 10.0. The van der Waals surface area contributed by atoms with Crippen molar-refractivity contribution in [2.75, 3.05) is 7.11 Å². The van der Waals surface area contributed by atoms with E-state index in [9.17, 15) is 15.0 Å². The fraction of sp³-hybridized carbons (Fsp3) is 0.0714. The SMILES string of the molecule is COc1cccc2c(=O)c3c(O)c(O)ccc3oc12. The smallest absolute Gasteiger partial charge is 0.204 e. The number of hydrogen-bond acceptors (Lipinski definition) is 5. The highest BCUT2D eigenvalue weighted by Crippen LogP contribution is 2.34. The Labute approximate surface area is 107 Å². The molecule has 0 unspecified atom stereocenters. The van der Waals surface area contributed by atoms with Crippen molar-refractivity contribution in [1.29, 1.82) is 0 Å². The number of phenols is 2. The highest BCUT2D eigenvalue weighted by molar-refractivity contribution is 5.96. The summed E-state index contributed by atoms with van der Waals surface area (Å²) in [5.41, 5.74) is 0.0911. The number of benzene rings is 2. The highest BCUT2D eigenvalue weighted by Gasteiger charge is 2.16. The molecule has 3 rings (SSSR count). The number of ether oxygens (including phenoxy) is 1. The Hall–Kier alpha value is -2.69. The molecule has 0 atom stereocenters. The molecule has 0 aliphatic carbocycles. The average molecular weight is 258 g/mol. The van der Waals surface area contributed by atoms with E-state index in [1.165, 1.54) is 19.2 Å². The number of methoxy groups -OCH3 is 1. The van der Waals surface area contributed by atoms with Gasteiger partial charge in [0.25, 0.3) is 0 Å². The molecule has 2 N–H and O–H groups in total. The quantitative estimate of drug-likeness (QED) is 0.517. The average Bonchev–Trinajstić information content (AvgIpc) is 2.42. The van der Waals surface area contributed by atoms with E-state index >= 15 is 0 Å². The second-order valence-electron chi connectivity index (χ2n) is 4.07. The topological polar surface area (TPSA) is 79.9 Å². The molecule has 19 heavy (non-hydrogen) atoms. The third-order valence-corrected chi connectivity index (χ3v) is 3.00. The van der Waals surface area contributed by atoms with E-state index in [0.717, 1.165) is 0 Å². The molecule has 0 spiro atoms. The van der Waals surface area contributed by atoms with Gasteiger partial charge in [-0.05, 0) is 24.3 Å². The van der Waals surface area contributed by atoms with Crippen molar-refractivity contribution in [3.63, 3.8) is 0 Å². The van der Waals surface area contributed by atoms with Gasteiger partial charge in [-0.25, -0.2) is 0 Å². The molecule has 5 heteroatoms. The molecule has 0 fully saturated rings. The lowest BCUT2D eigenvalue weighted by atomic mass is 10.1. The van der Waals surface area contributed by atoms with Gasteiger partial charge in [0.15, 0.2) is 22.8 Å². The van der Waals surface area contributed by atoms with Crippen LogP contribution in [0.3, 0.4) is 0 Å². The van der Waals surface area contributed by atoms with Crippen molar-refractivity contribution >= 4 is 21.9 Å². The van der Waals surface area contributed by atoms with Crippen molar-refractivity contribution in [3.05, 3.63) is 40.6 Å². The molecular weight excluding hydrogens is 248 g/mol. The summed E-state index contributed by atoms with van der Waals surface area (Å²) in [5, 5.41) is 19.5. The Balaban J connectivity index is 2.60. The predicted molar refractivity (Wildman–Crippen MR) is 69.9 cm³/mol. The van der Waals surface area contributed by atoms with Crippen LogP contribution in [0.4, 0.5) is 0 Å². The molecule has 2 aromatic carbocycles. The van der Waals surface area contributed by atoms with E-state index in [4.69, 9.17) is 9.15 Å². The van der Waals surface area contributed by atoms with Crippen LogP contribution in [0.2, 0.25) is 0 Å². The second-order valence-corrected chi connectivity index (χ2v) is 4.07. The Morgan fingerprint density at radius 3 is 2.68 bits per heavy atom. The van der Waals surface area contributed by atoms with Gasteiger partial charge in [-0.3, -0.25) is 4.79 Å². The summed E-state index contributed by atoms with van der Waals surface area (Å²) in [4.78, 5) is 12.3. The maximum Gasteiger partial charge on any atom is 0.204 e. The van der Waals surface area contributed by atoms with E-state index in [0.29, 0.717) is 11.3 Å².